The van der Waals surface area contributed by atoms with Crippen molar-refractivity contribution in [1.82, 2.24) is 4.31 Å². The maximum absolute atomic E-state index is 12.5. The number of carbonyl (C=O) groups excluding carboxylic acids is 1. The SMILES string of the molecule is NC(=O)C1CCN(S(=O)(=O)c2cc(N)ccc2Br)C1. The Kier molecular flexibility index (Phi) is 3.84. The van der Waals surface area contributed by atoms with Crippen LogP contribution in [0.5, 0.6) is 0 Å². The molecule has 0 spiro atoms. The van der Waals surface area contributed by atoms with Gasteiger partial charge in [-0.1, -0.05) is 0 Å². The number of hydrogen-bond donors (Lipinski definition) is 2. The zero-order valence-corrected chi connectivity index (χ0v) is 12.4. The highest BCUT2D eigenvalue weighted by Gasteiger charge is 2.35. The molecule has 0 saturated carbocycles. The number of benzene rings is 1. The number of halogens is 1. The van der Waals surface area contributed by atoms with E-state index in [1.807, 2.05) is 0 Å². The number of rotatable bonds is 3. The Balaban J connectivity index is 2.33. The number of carbonyl (C=O) groups is 1. The van der Waals surface area contributed by atoms with Crippen LogP contribution >= 0.6 is 15.9 Å². The van der Waals surface area contributed by atoms with Crippen molar-refractivity contribution in [3.05, 3.63) is 22.7 Å². The number of nitrogens with two attached hydrogens (primary N) is 2. The summed E-state index contributed by atoms with van der Waals surface area (Å²) in [4.78, 5) is 11.2. The summed E-state index contributed by atoms with van der Waals surface area (Å²) in [6, 6.07) is 4.60. The minimum atomic E-state index is -3.66. The van der Waals surface area contributed by atoms with E-state index < -0.39 is 21.8 Å². The number of sulfonamides is 1. The fourth-order valence-corrected chi connectivity index (χ4v) is 4.50. The summed E-state index contributed by atoms with van der Waals surface area (Å²) < 4.78 is 26.6. The first-order valence-corrected chi connectivity index (χ1v) is 7.90. The first-order valence-electron chi connectivity index (χ1n) is 5.67. The molecule has 1 fully saturated rings. The summed E-state index contributed by atoms with van der Waals surface area (Å²) in [6.07, 6.45) is 0.453. The maximum Gasteiger partial charge on any atom is 0.244 e. The molecule has 1 amide bonds. The average Bonchev–Trinajstić information content (AvgIpc) is 2.82. The second kappa shape index (κ2) is 5.10. The molecule has 4 N–H and O–H groups in total. The summed E-state index contributed by atoms with van der Waals surface area (Å²) >= 11 is 3.20. The van der Waals surface area contributed by atoms with Crippen molar-refractivity contribution >= 4 is 37.5 Å². The molecule has 1 aromatic rings. The first-order chi connectivity index (χ1) is 8.82. The van der Waals surface area contributed by atoms with Gasteiger partial charge in [-0.25, -0.2) is 8.42 Å². The molecule has 1 aromatic carbocycles. The van der Waals surface area contributed by atoms with Crippen LogP contribution in [0.4, 0.5) is 5.69 Å². The molecule has 2 rings (SSSR count). The maximum atomic E-state index is 12.5. The third-order valence-electron chi connectivity index (χ3n) is 3.13. The third kappa shape index (κ3) is 2.75. The summed E-state index contributed by atoms with van der Waals surface area (Å²) in [5.74, 6) is -0.890. The first kappa shape index (κ1) is 14.3. The molecular weight excluding hydrogens is 334 g/mol. The van der Waals surface area contributed by atoms with Gasteiger partial charge in [-0.15, -0.1) is 0 Å². The molecule has 104 valence electrons. The molecule has 0 bridgehead atoms. The van der Waals surface area contributed by atoms with E-state index in [4.69, 9.17) is 11.5 Å². The predicted molar refractivity (Wildman–Crippen MR) is 74.6 cm³/mol. The summed E-state index contributed by atoms with van der Waals surface area (Å²) in [5.41, 5.74) is 11.2. The van der Waals surface area contributed by atoms with Gasteiger partial charge in [0.1, 0.15) is 0 Å². The quantitative estimate of drug-likeness (QED) is 0.777. The van der Waals surface area contributed by atoms with Crippen molar-refractivity contribution < 1.29 is 13.2 Å². The van der Waals surface area contributed by atoms with Gasteiger partial charge in [0.05, 0.1) is 10.8 Å². The van der Waals surface area contributed by atoms with Crippen molar-refractivity contribution in [3.63, 3.8) is 0 Å². The smallest absolute Gasteiger partial charge is 0.244 e. The summed E-state index contributed by atoms with van der Waals surface area (Å²) in [7, 11) is -3.66. The van der Waals surface area contributed by atoms with Crippen LogP contribution in [0, 0.1) is 5.92 Å². The second-order valence-electron chi connectivity index (χ2n) is 4.44. The molecule has 1 atom stereocenters. The van der Waals surface area contributed by atoms with Crippen molar-refractivity contribution in [2.45, 2.75) is 11.3 Å². The van der Waals surface area contributed by atoms with Crippen molar-refractivity contribution in [2.75, 3.05) is 18.8 Å². The zero-order valence-electron chi connectivity index (χ0n) is 10.0. The van der Waals surface area contributed by atoms with E-state index in [0.717, 1.165) is 0 Å². The van der Waals surface area contributed by atoms with E-state index in [9.17, 15) is 13.2 Å². The van der Waals surface area contributed by atoms with Gasteiger partial charge < -0.3 is 11.5 Å². The van der Waals surface area contributed by atoms with Gasteiger partial charge in [0, 0.05) is 23.2 Å². The topological polar surface area (TPSA) is 106 Å². The van der Waals surface area contributed by atoms with Gasteiger partial charge in [0.25, 0.3) is 0 Å². The fraction of sp³-hybridized carbons (Fsp3) is 0.364. The molecule has 0 aliphatic carbocycles. The molecule has 1 saturated heterocycles. The van der Waals surface area contributed by atoms with Crippen LogP contribution in [0.3, 0.4) is 0 Å². The number of nitrogens with zero attached hydrogens (tertiary/aromatic N) is 1. The van der Waals surface area contributed by atoms with E-state index in [2.05, 4.69) is 15.9 Å². The lowest BCUT2D eigenvalue weighted by atomic mass is 10.1. The van der Waals surface area contributed by atoms with Crippen molar-refractivity contribution in [3.8, 4) is 0 Å². The fourth-order valence-electron chi connectivity index (χ4n) is 2.04. The van der Waals surface area contributed by atoms with E-state index in [1.54, 1.807) is 12.1 Å². The number of amides is 1. The average molecular weight is 348 g/mol. The number of anilines is 1. The van der Waals surface area contributed by atoms with Crippen LogP contribution in [0.15, 0.2) is 27.6 Å². The van der Waals surface area contributed by atoms with Crippen LogP contribution < -0.4 is 11.5 Å². The summed E-state index contributed by atoms with van der Waals surface area (Å²) in [5, 5.41) is 0. The predicted octanol–water partition coefficient (Wildman–Crippen LogP) is 0.527. The van der Waals surface area contributed by atoms with Gasteiger partial charge in [-0.3, -0.25) is 4.79 Å². The highest BCUT2D eigenvalue weighted by molar-refractivity contribution is 9.10. The molecular formula is C11H14BrN3O3S. The monoisotopic (exact) mass is 347 g/mol. The lowest BCUT2D eigenvalue weighted by Gasteiger charge is -2.17. The minimum Gasteiger partial charge on any atom is -0.399 e. The molecule has 6 nitrogen and oxygen atoms in total. The molecule has 8 heteroatoms. The molecule has 1 heterocycles. The van der Waals surface area contributed by atoms with Gasteiger partial charge in [-0.2, -0.15) is 4.31 Å². The lowest BCUT2D eigenvalue weighted by Crippen LogP contribution is -2.32. The van der Waals surface area contributed by atoms with Crippen LogP contribution in [0.2, 0.25) is 0 Å². The van der Waals surface area contributed by atoms with Crippen LogP contribution in [-0.2, 0) is 14.8 Å². The standard InChI is InChI=1S/C11H14BrN3O3S/c12-9-2-1-8(13)5-10(9)19(17,18)15-4-3-7(6-15)11(14)16/h1-2,5,7H,3-4,6,13H2,(H2,14,16). The van der Waals surface area contributed by atoms with E-state index in [-0.39, 0.29) is 18.0 Å². The normalized spacial score (nSPS) is 20.6. The number of nitrogen functional groups attached to an aromatic ring is 1. The van der Waals surface area contributed by atoms with Crippen molar-refractivity contribution in [2.24, 2.45) is 11.7 Å². The molecule has 0 radical (unpaired) electrons. The van der Waals surface area contributed by atoms with Gasteiger partial charge in [-0.05, 0) is 40.5 Å². The van der Waals surface area contributed by atoms with Gasteiger partial charge in [0.15, 0.2) is 0 Å². The van der Waals surface area contributed by atoms with Crippen LogP contribution in [-0.4, -0.2) is 31.7 Å². The highest BCUT2D eigenvalue weighted by Crippen LogP contribution is 2.30. The Morgan fingerprint density at radius 1 is 1.42 bits per heavy atom. The van der Waals surface area contributed by atoms with E-state index in [1.165, 1.54) is 10.4 Å². The molecule has 1 aliphatic heterocycles. The van der Waals surface area contributed by atoms with E-state index in [0.29, 0.717) is 16.6 Å². The van der Waals surface area contributed by atoms with Crippen LogP contribution in [0.1, 0.15) is 6.42 Å². The minimum absolute atomic E-state index is 0.109. The summed E-state index contributed by atoms with van der Waals surface area (Å²) in [6.45, 7) is 0.413. The highest BCUT2D eigenvalue weighted by atomic mass is 79.9. The molecule has 19 heavy (non-hydrogen) atoms. The molecule has 1 aliphatic rings. The third-order valence-corrected chi connectivity index (χ3v) is 5.99. The Morgan fingerprint density at radius 3 is 2.68 bits per heavy atom. The lowest BCUT2D eigenvalue weighted by molar-refractivity contribution is -0.121. The zero-order chi connectivity index (χ0) is 14.2. The van der Waals surface area contributed by atoms with E-state index >= 15 is 0 Å². The van der Waals surface area contributed by atoms with Crippen LogP contribution in [0.25, 0.3) is 0 Å². The number of hydrogen-bond acceptors (Lipinski definition) is 4. The van der Waals surface area contributed by atoms with Gasteiger partial charge >= 0.3 is 0 Å². The van der Waals surface area contributed by atoms with Crippen molar-refractivity contribution in [1.29, 1.82) is 0 Å². The second-order valence-corrected chi connectivity index (χ2v) is 7.20. The Bertz CT molecular complexity index is 618. The molecule has 1 unspecified atom stereocenters. The van der Waals surface area contributed by atoms with Gasteiger partial charge in [0.2, 0.25) is 15.9 Å². The number of primary amides is 1. The largest absolute Gasteiger partial charge is 0.399 e. The Labute approximate surface area is 119 Å². The molecule has 0 aromatic heterocycles. The Hall–Kier alpha value is -1.12. The Morgan fingerprint density at radius 2 is 2.11 bits per heavy atom.